The van der Waals surface area contributed by atoms with Crippen LogP contribution in [0.25, 0.3) is 5.76 Å². The van der Waals surface area contributed by atoms with Gasteiger partial charge in [-0.15, -0.1) is 0 Å². The van der Waals surface area contributed by atoms with E-state index in [0.29, 0.717) is 29.0 Å². The quantitative estimate of drug-likeness (QED) is 0.363. The summed E-state index contributed by atoms with van der Waals surface area (Å²) in [6.45, 7) is 4.13. The third-order valence-electron chi connectivity index (χ3n) is 5.29. The van der Waals surface area contributed by atoms with Crippen molar-refractivity contribution >= 4 is 23.3 Å². The van der Waals surface area contributed by atoms with Gasteiger partial charge < -0.3 is 9.84 Å². The van der Waals surface area contributed by atoms with Crippen LogP contribution in [0.1, 0.15) is 29.7 Å². The van der Waals surface area contributed by atoms with Gasteiger partial charge in [0.05, 0.1) is 18.2 Å². The summed E-state index contributed by atoms with van der Waals surface area (Å²) in [7, 11) is 0. The summed E-state index contributed by atoms with van der Waals surface area (Å²) in [5.74, 6) is -1.53. The molecule has 0 saturated carbocycles. The van der Waals surface area contributed by atoms with E-state index < -0.39 is 23.5 Å². The predicted octanol–water partition coefficient (Wildman–Crippen LogP) is 4.55. The molecule has 1 aromatic heterocycles. The van der Waals surface area contributed by atoms with Crippen molar-refractivity contribution in [2.24, 2.45) is 0 Å². The fraction of sp³-hybridized carbons (Fsp3) is 0.160. The first kappa shape index (κ1) is 21.2. The van der Waals surface area contributed by atoms with Crippen molar-refractivity contribution in [1.29, 1.82) is 0 Å². The van der Waals surface area contributed by atoms with Crippen LogP contribution < -0.4 is 9.64 Å². The Balaban J connectivity index is 1.91. The number of anilines is 1. The monoisotopic (exact) mass is 432 g/mol. The number of hydrogen-bond acceptors (Lipinski definition) is 5. The van der Waals surface area contributed by atoms with Gasteiger partial charge in [0.2, 0.25) is 0 Å². The van der Waals surface area contributed by atoms with Crippen LogP contribution in [0, 0.1) is 12.7 Å². The molecule has 0 aliphatic carbocycles. The number of benzene rings is 2. The highest BCUT2D eigenvalue weighted by atomic mass is 19.1. The molecule has 1 aliphatic rings. The van der Waals surface area contributed by atoms with Crippen molar-refractivity contribution < 1.29 is 23.8 Å². The highest BCUT2D eigenvalue weighted by Gasteiger charge is 2.47. The SMILES string of the molecule is CCOc1ccc(C(O)=C2C(=O)C(=O)N(c3ccccn3)[C@@H]2c2ccc(F)cc2)c(C)c1. The van der Waals surface area contributed by atoms with E-state index in [4.69, 9.17) is 4.74 Å². The smallest absolute Gasteiger partial charge is 0.301 e. The number of amides is 1. The van der Waals surface area contributed by atoms with Gasteiger partial charge in [0.1, 0.15) is 23.1 Å². The maximum absolute atomic E-state index is 13.6. The van der Waals surface area contributed by atoms with Crippen molar-refractivity contribution in [2.45, 2.75) is 19.9 Å². The average molecular weight is 432 g/mol. The molecule has 162 valence electrons. The minimum atomic E-state index is -0.962. The Morgan fingerprint density at radius 3 is 2.50 bits per heavy atom. The first-order valence-corrected chi connectivity index (χ1v) is 10.1. The van der Waals surface area contributed by atoms with Gasteiger partial charge in [-0.3, -0.25) is 14.5 Å². The molecule has 2 heterocycles. The Labute approximate surface area is 184 Å². The van der Waals surface area contributed by atoms with Crippen molar-refractivity contribution in [3.05, 3.63) is 94.9 Å². The number of carbonyl (C=O) groups is 2. The van der Waals surface area contributed by atoms with Crippen LogP contribution in [0.3, 0.4) is 0 Å². The second kappa shape index (κ2) is 8.63. The number of aromatic nitrogens is 1. The van der Waals surface area contributed by atoms with Gasteiger partial charge in [-0.1, -0.05) is 18.2 Å². The van der Waals surface area contributed by atoms with Gasteiger partial charge >= 0.3 is 5.91 Å². The lowest BCUT2D eigenvalue weighted by Gasteiger charge is -2.24. The molecule has 32 heavy (non-hydrogen) atoms. The first-order valence-electron chi connectivity index (χ1n) is 10.1. The zero-order valence-corrected chi connectivity index (χ0v) is 17.6. The average Bonchev–Trinajstić information content (AvgIpc) is 3.05. The van der Waals surface area contributed by atoms with E-state index in [1.54, 1.807) is 43.3 Å². The number of hydrogen-bond donors (Lipinski definition) is 1. The molecule has 1 atom stereocenters. The van der Waals surface area contributed by atoms with Gasteiger partial charge in [-0.2, -0.15) is 0 Å². The number of aliphatic hydroxyl groups excluding tert-OH is 1. The minimum Gasteiger partial charge on any atom is -0.507 e. The standard InChI is InChI=1S/C25H21FN2O4/c1-3-32-18-11-12-19(15(2)14-18)23(29)21-22(16-7-9-17(26)10-8-16)28(25(31)24(21)30)20-6-4-5-13-27-20/h4-14,22,29H,3H2,1-2H3/t22-/m1/s1. The number of pyridine rings is 1. The Kier molecular flexibility index (Phi) is 5.73. The number of halogens is 1. The molecule has 0 radical (unpaired) electrons. The van der Waals surface area contributed by atoms with Crippen molar-refractivity contribution in [2.75, 3.05) is 11.5 Å². The van der Waals surface area contributed by atoms with Crippen LogP contribution in [0.5, 0.6) is 5.75 Å². The molecule has 7 heteroatoms. The number of nitrogens with zero attached hydrogens (tertiary/aromatic N) is 2. The molecule has 2 aromatic carbocycles. The predicted molar refractivity (Wildman–Crippen MR) is 118 cm³/mol. The van der Waals surface area contributed by atoms with E-state index in [1.807, 2.05) is 6.92 Å². The van der Waals surface area contributed by atoms with Crippen molar-refractivity contribution in [3.63, 3.8) is 0 Å². The lowest BCUT2D eigenvalue weighted by molar-refractivity contribution is -0.132. The lowest BCUT2D eigenvalue weighted by Crippen LogP contribution is -2.30. The Morgan fingerprint density at radius 1 is 1.12 bits per heavy atom. The van der Waals surface area contributed by atoms with E-state index >= 15 is 0 Å². The lowest BCUT2D eigenvalue weighted by atomic mass is 9.94. The van der Waals surface area contributed by atoms with E-state index in [0.717, 1.165) is 0 Å². The first-order chi connectivity index (χ1) is 15.4. The molecule has 3 aromatic rings. The molecule has 0 unspecified atom stereocenters. The largest absolute Gasteiger partial charge is 0.507 e. The molecule has 1 fully saturated rings. The Bertz CT molecular complexity index is 1210. The Hall–Kier alpha value is -4.00. The van der Waals surface area contributed by atoms with Gasteiger partial charge in [0, 0.05) is 11.8 Å². The molecule has 1 saturated heterocycles. The maximum atomic E-state index is 13.6. The van der Waals surface area contributed by atoms with Crippen LogP contribution in [-0.2, 0) is 9.59 Å². The van der Waals surface area contributed by atoms with Gasteiger partial charge in [-0.05, 0) is 67.4 Å². The summed E-state index contributed by atoms with van der Waals surface area (Å²) in [5.41, 5.74) is 1.47. The second-order valence-electron chi connectivity index (χ2n) is 7.32. The number of ketones is 1. The van der Waals surface area contributed by atoms with Crippen LogP contribution >= 0.6 is 0 Å². The number of aryl methyl sites for hydroxylation is 1. The Morgan fingerprint density at radius 2 is 1.88 bits per heavy atom. The summed E-state index contributed by atoms with van der Waals surface area (Å²) < 4.78 is 19.1. The number of Topliss-reactive ketones (excluding diaryl/α,β-unsaturated/α-hetero) is 1. The molecule has 4 rings (SSSR count). The topological polar surface area (TPSA) is 79.7 Å². The van der Waals surface area contributed by atoms with Gasteiger partial charge in [0.25, 0.3) is 5.78 Å². The highest BCUT2D eigenvalue weighted by Crippen LogP contribution is 2.42. The van der Waals surface area contributed by atoms with Crippen molar-refractivity contribution in [1.82, 2.24) is 4.98 Å². The van der Waals surface area contributed by atoms with Gasteiger partial charge in [-0.25, -0.2) is 9.37 Å². The molecular weight excluding hydrogens is 411 g/mol. The molecule has 0 bridgehead atoms. The summed E-state index contributed by atoms with van der Waals surface area (Å²) in [4.78, 5) is 31.6. The van der Waals surface area contributed by atoms with E-state index in [1.165, 1.54) is 35.4 Å². The molecular formula is C25H21FN2O4. The number of aliphatic hydroxyl groups is 1. The van der Waals surface area contributed by atoms with E-state index in [-0.39, 0.29) is 17.2 Å². The molecule has 0 spiro atoms. The number of ether oxygens (including phenoxy) is 1. The molecule has 1 amide bonds. The van der Waals surface area contributed by atoms with Crippen LogP contribution in [0.4, 0.5) is 10.2 Å². The number of rotatable bonds is 5. The van der Waals surface area contributed by atoms with Crippen LogP contribution in [0.15, 0.2) is 72.4 Å². The zero-order valence-electron chi connectivity index (χ0n) is 17.6. The minimum absolute atomic E-state index is 0.0838. The van der Waals surface area contributed by atoms with Gasteiger partial charge in [0.15, 0.2) is 0 Å². The molecule has 1 N–H and O–H groups in total. The number of carbonyl (C=O) groups excluding carboxylic acids is 2. The zero-order chi connectivity index (χ0) is 22.8. The highest BCUT2D eigenvalue weighted by molar-refractivity contribution is 6.51. The molecule has 6 nitrogen and oxygen atoms in total. The summed E-state index contributed by atoms with van der Waals surface area (Å²) in [6.07, 6.45) is 1.51. The fourth-order valence-electron chi connectivity index (χ4n) is 3.83. The van der Waals surface area contributed by atoms with E-state index in [2.05, 4.69) is 4.98 Å². The summed E-state index contributed by atoms with van der Waals surface area (Å²) >= 11 is 0. The maximum Gasteiger partial charge on any atom is 0.301 e. The fourth-order valence-corrected chi connectivity index (χ4v) is 3.83. The normalized spacial score (nSPS) is 17.6. The summed E-state index contributed by atoms with van der Waals surface area (Å²) in [5, 5.41) is 11.2. The second-order valence-corrected chi connectivity index (χ2v) is 7.32. The van der Waals surface area contributed by atoms with Crippen LogP contribution in [-0.4, -0.2) is 28.4 Å². The third-order valence-corrected chi connectivity index (χ3v) is 5.29. The third kappa shape index (κ3) is 3.73. The van der Waals surface area contributed by atoms with Crippen molar-refractivity contribution in [3.8, 4) is 5.75 Å². The molecule has 1 aliphatic heterocycles. The summed E-state index contributed by atoms with van der Waals surface area (Å²) in [6, 6.07) is 14.6. The van der Waals surface area contributed by atoms with E-state index in [9.17, 15) is 19.1 Å². The van der Waals surface area contributed by atoms with Crippen LogP contribution in [0.2, 0.25) is 0 Å².